The van der Waals surface area contributed by atoms with Crippen molar-refractivity contribution in [2.24, 2.45) is 11.7 Å². The van der Waals surface area contributed by atoms with Crippen LogP contribution in [0.25, 0.3) is 0 Å². The van der Waals surface area contributed by atoms with E-state index < -0.39 is 0 Å². The zero-order valence-corrected chi connectivity index (χ0v) is 8.83. The fraction of sp³-hybridized carbons (Fsp3) is 0.500. The zero-order chi connectivity index (χ0) is 11.5. The molecule has 1 aliphatic heterocycles. The molecule has 6 heteroatoms. The van der Waals surface area contributed by atoms with Crippen molar-refractivity contribution in [3.63, 3.8) is 0 Å². The van der Waals surface area contributed by atoms with Gasteiger partial charge in [0.05, 0.1) is 12.4 Å². The third-order valence-corrected chi connectivity index (χ3v) is 2.80. The van der Waals surface area contributed by atoms with Gasteiger partial charge in [0.25, 0.3) is 0 Å². The molecule has 0 radical (unpaired) electrons. The summed E-state index contributed by atoms with van der Waals surface area (Å²) in [6.07, 6.45) is 4.20. The molecule has 1 amide bonds. The van der Waals surface area contributed by atoms with Crippen LogP contribution in [0.1, 0.15) is 12.8 Å². The second-order valence-electron chi connectivity index (χ2n) is 3.90. The molecule has 0 saturated carbocycles. The molecule has 1 aromatic rings. The molecular formula is C10H14N4O2. The van der Waals surface area contributed by atoms with Gasteiger partial charge in [-0.25, -0.2) is 9.97 Å². The lowest BCUT2D eigenvalue weighted by atomic mass is 9.96. The Morgan fingerprint density at radius 1 is 1.38 bits per heavy atom. The smallest absolute Gasteiger partial charge is 0.225 e. The van der Waals surface area contributed by atoms with Crippen LogP contribution in [0.4, 0.5) is 5.95 Å². The average Bonchev–Trinajstić information content (AvgIpc) is 2.30. The van der Waals surface area contributed by atoms with Gasteiger partial charge in [0.1, 0.15) is 0 Å². The van der Waals surface area contributed by atoms with E-state index in [9.17, 15) is 4.79 Å². The van der Waals surface area contributed by atoms with Gasteiger partial charge in [0.15, 0.2) is 5.75 Å². The van der Waals surface area contributed by atoms with Gasteiger partial charge < -0.3 is 15.7 Å². The SMILES string of the molecule is NC(=O)C1CCN(c2ncc(O)cn2)CC1. The highest BCUT2D eigenvalue weighted by molar-refractivity contribution is 5.76. The highest BCUT2D eigenvalue weighted by Gasteiger charge is 2.24. The summed E-state index contributed by atoms with van der Waals surface area (Å²) in [5, 5.41) is 9.07. The Balaban J connectivity index is 1.99. The summed E-state index contributed by atoms with van der Waals surface area (Å²) in [5.74, 6) is 0.371. The van der Waals surface area contributed by atoms with Crippen LogP contribution in [0.2, 0.25) is 0 Å². The monoisotopic (exact) mass is 222 g/mol. The quantitative estimate of drug-likeness (QED) is 0.728. The molecule has 2 rings (SSSR count). The lowest BCUT2D eigenvalue weighted by Gasteiger charge is -2.30. The number of piperidine rings is 1. The van der Waals surface area contributed by atoms with Crippen molar-refractivity contribution in [1.82, 2.24) is 9.97 Å². The first-order valence-electron chi connectivity index (χ1n) is 5.22. The van der Waals surface area contributed by atoms with Crippen LogP contribution in [-0.2, 0) is 4.79 Å². The Labute approximate surface area is 93.1 Å². The second-order valence-corrected chi connectivity index (χ2v) is 3.90. The van der Waals surface area contributed by atoms with Gasteiger partial charge in [-0.05, 0) is 12.8 Å². The lowest BCUT2D eigenvalue weighted by molar-refractivity contribution is -0.122. The largest absolute Gasteiger partial charge is 0.505 e. The van der Waals surface area contributed by atoms with Crippen molar-refractivity contribution in [1.29, 1.82) is 0 Å². The fourth-order valence-electron chi connectivity index (χ4n) is 1.84. The molecular weight excluding hydrogens is 208 g/mol. The summed E-state index contributed by atoms with van der Waals surface area (Å²) in [6.45, 7) is 1.44. The first kappa shape index (κ1) is 10.7. The van der Waals surface area contributed by atoms with Crippen molar-refractivity contribution in [2.75, 3.05) is 18.0 Å². The Hall–Kier alpha value is -1.85. The van der Waals surface area contributed by atoms with Crippen LogP contribution in [0.15, 0.2) is 12.4 Å². The van der Waals surface area contributed by atoms with E-state index in [2.05, 4.69) is 9.97 Å². The standard InChI is InChI=1S/C10H14N4O2/c11-9(16)7-1-3-14(4-2-7)10-12-5-8(15)6-13-10/h5-7,15H,1-4H2,(H2,11,16). The predicted octanol–water partition coefficient (Wildman–Crippen LogP) is -0.116. The van der Waals surface area contributed by atoms with Gasteiger partial charge in [-0.3, -0.25) is 4.79 Å². The Morgan fingerprint density at radius 2 is 1.94 bits per heavy atom. The summed E-state index contributed by atoms with van der Waals surface area (Å²) < 4.78 is 0. The molecule has 6 nitrogen and oxygen atoms in total. The second kappa shape index (κ2) is 4.34. The number of nitrogens with zero attached hydrogens (tertiary/aromatic N) is 3. The number of carbonyl (C=O) groups is 1. The van der Waals surface area contributed by atoms with E-state index in [0.29, 0.717) is 5.95 Å². The maximum absolute atomic E-state index is 11.0. The Kier molecular flexibility index (Phi) is 2.89. The summed E-state index contributed by atoms with van der Waals surface area (Å²) in [7, 11) is 0. The molecule has 0 unspecified atom stereocenters. The molecule has 0 atom stereocenters. The van der Waals surface area contributed by atoms with Crippen LogP contribution in [0, 0.1) is 5.92 Å². The molecule has 1 fully saturated rings. The Bertz CT molecular complexity index is 371. The number of nitrogens with two attached hydrogens (primary N) is 1. The van der Waals surface area contributed by atoms with Crippen LogP contribution in [0.3, 0.4) is 0 Å². The minimum atomic E-state index is -0.230. The molecule has 0 aliphatic carbocycles. The van der Waals surface area contributed by atoms with Crippen LogP contribution in [0.5, 0.6) is 5.75 Å². The van der Waals surface area contributed by atoms with Gasteiger partial charge >= 0.3 is 0 Å². The van der Waals surface area contributed by atoms with Crippen molar-refractivity contribution >= 4 is 11.9 Å². The highest BCUT2D eigenvalue weighted by Crippen LogP contribution is 2.20. The minimum Gasteiger partial charge on any atom is -0.505 e. The molecule has 1 aromatic heterocycles. The summed E-state index contributed by atoms with van der Waals surface area (Å²) in [6, 6.07) is 0. The first-order valence-corrected chi connectivity index (χ1v) is 5.22. The molecule has 0 bridgehead atoms. The third kappa shape index (κ3) is 2.21. The molecule has 1 saturated heterocycles. The minimum absolute atomic E-state index is 0.0339. The summed E-state index contributed by atoms with van der Waals surface area (Å²) in [4.78, 5) is 21.0. The highest BCUT2D eigenvalue weighted by atomic mass is 16.3. The molecule has 16 heavy (non-hydrogen) atoms. The molecule has 1 aliphatic rings. The van der Waals surface area contributed by atoms with Crippen molar-refractivity contribution < 1.29 is 9.90 Å². The maximum atomic E-state index is 11.0. The number of amides is 1. The normalized spacial score (nSPS) is 17.4. The maximum Gasteiger partial charge on any atom is 0.225 e. The lowest BCUT2D eigenvalue weighted by Crippen LogP contribution is -2.39. The summed E-state index contributed by atoms with van der Waals surface area (Å²) in [5.41, 5.74) is 5.25. The topological polar surface area (TPSA) is 92.3 Å². The van der Waals surface area contributed by atoms with Crippen LogP contribution < -0.4 is 10.6 Å². The van der Waals surface area contributed by atoms with E-state index in [1.807, 2.05) is 4.90 Å². The first-order chi connectivity index (χ1) is 7.66. The van der Waals surface area contributed by atoms with E-state index in [1.165, 1.54) is 12.4 Å². The number of anilines is 1. The number of aromatic hydroxyl groups is 1. The Morgan fingerprint density at radius 3 is 2.44 bits per heavy atom. The number of primary amides is 1. The van der Waals surface area contributed by atoms with E-state index in [1.54, 1.807) is 0 Å². The molecule has 0 spiro atoms. The number of hydrogen-bond acceptors (Lipinski definition) is 5. The number of aromatic nitrogens is 2. The van der Waals surface area contributed by atoms with E-state index in [-0.39, 0.29) is 17.6 Å². The van der Waals surface area contributed by atoms with Crippen LogP contribution in [-0.4, -0.2) is 34.1 Å². The van der Waals surface area contributed by atoms with E-state index in [0.717, 1.165) is 25.9 Å². The number of hydrogen-bond donors (Lipinski definition) is 2. The third-order valence-electron chi connectivity index (χ3n) is 2.80. The average molecular weight is 222 g/mol. The van der Waals surface area contributed by atoms with Gasteiger partial charge in [-0.2, -0.15) is 0 Å². The summed E-state index contributed by atoms with van der Waals surface area (Å²) >= 11 is 0. The van der Waals surface area contributed by atoms with Gasteiger partial charge in [0.2, 0.25) is 11.9 Å². The predicted molar refractivity (Wildman–Crippen MR) is 57.8 cm³/mol. The van der Waals surface area contributed by atoms with E-state index >= 15 is 0 Å². The van der Waals surface area contributed by atoms with Crippen molar-refractivity contribution in [3.05, 3.63) is 12.4 Å². The zero-order valence-electron chi connectivity index (χ0n) is 8.83. The molecule has 3 N–H and O–H groups in total. The van der Waals surface area contributed by atoms with Crippen LogP contribution >= 0.6 is 0 Å². The van der Waals surface area contributed by atoms with Crippen molar-refractivity contribution in [3.8, 4) is 5.75 Å². The van der Waals surface area contributed by atoms with Gasteiger partial charge in [-0.1, -0.05) is 0 Å². The van der Waals surface area contributed by atoms with E-state index in [4.69, 9.17) is 10.8 Å². The fourth-order valence-corrected chi connectivity index (χ4v) is 1.84. The number of rotatable bonds is 2. The molecule has 2 heterocycles. The van der Waals surface area contributed by atoms with Crippen molar-refractivity contribution in [2.45, 2.75) is 12.8 Å². The molecule has 86 valence electrons. The van der Waals surface area contributed by atoms with Gasteiger partial charge in [0, 0.05) is 19.0 Å². The molecule has 0 aromatic carbocycles. The van der Waals surface area contributed by atoms with Gasteiger partial charge in [-0.15, -0.1) is 0 Å². The number of carbonyl (C=O) groups excluding carboxylic acids is 1.